The number of rotatable bonds is 9. The lowest BCUT2D eigenvalue weighted by atomic mass is 10.0. The Balaban J connectivity index is 2.19. The largest absolute Gasteiger partial charge is 0.483 e. The van der Waals surface area contributed by atoms with E-state index in [1.165, 1.54) is 0 Å². The Morgan fingerprint density at radius 2 is 1.60 bits per heavy atom. The highest BCUT2D eigenvalue weighted by Gasteiger charge is 2.27. The summed E-state index contributed by atoms with van der Waals surface area (Å²) in [5.41, 5.74) is 3.18. The van der Waals surface area contributed by atoms with E-state index in [9.17, 15) is 9.59 Å². The van der Waals surface area contributed by atoms with Crippen molar-refractivity contribution in [2.75, 3.05) is 6.61 Å². The zero-order valence-electron chi connectivity index (χ0n) is 18.9. The molecule has 0 radical (unpaired) electrons. The van der Waals surface area contributed by atoms with Crippen LogP contribution in [-0.4, -0.2) is 35.4 Å². The number of para-hydroxylation sites is 1. The van der Waals surface area contributed by atoms with Crippen molar-refractivity contribution < 1.29 is 14.3 Å². The van der Waals surface area contributed by atoms with Gasteiger partial charge in [0.25, 0.3) is 5.91 Å². The maximum absolute atomic E-state index is 13.1. The van der Waals surface area contributed by atoms with Crippen molar-refractivity contribution in [2.24, 2.45) is 0 Å². The fourth-order valence-electron chi connectivity index (χ4n) is 3.19. The molecule has 30 heavy (non-hydrogen) atoms. The molecule has 0 heterocycles. The highest BCUT2D eigenvalue weighted by molar-refractivity contribution is 5.88. The van der Waals surface area contributed by atoms with Crippen molar-refractivity contribution in [3.05, 3.63) is 65.2 Å². The molecule has 2 aromatic carbocycles. The third-order valence-corrected chi connectivity index (χ3v) is 4.96. The van der Waals surface area contributed by atoms with Gasteiger partial charge in [-0.05, 0) is 50.8 Å². The average Bonchev–Trinajstić information content (AvgIpc) is 2.70. The predicted molar refractivity (Wildman–Crippen MR) is 120 cm³/mol. The Morgan fingerprint density at radius 3 is 2.20 bits per heavy atom. The van der Waals surface area contributed by atoms with Crippen LogP contribution in [0.15, 0.2) is 48.5 Å². The van der Waals surface area contributed by atoms with Crippen molar-refractivity contribution in [2.45, 2.75) is 66.1 Å². The van der Waals surface area contributed by atoms with Crippen LogP contribution in [0.5, 0.6) is 5.75 Å². The zero-order valence-corrected chi connectivity index (χ0v) is 18.9. The first-order valence-corrected chi connectivity index (χ1v) is 10.6. The molecule has 0 aliphatic heterocycles. The quantitative estimate of drug-likeness (QED) is 0.665. The van der Waals surface area contributed by atoms with Gasteiger partial charge in [0.15, 0.2) is 6.61 Å². The van der Waals surface area contributed by atoms with E-state index in [1.54, 1.807) is 11.8 Å². The maximum atomic E-state index is 13.1. The summed E-state index contributed by atoms with van der Waals surface area (Å²) in [5.74, 6) is 0.597. The molecule has 5 heteroatoms. The van der Waals surface area contributed by atoms with E-state index in [4.69, 9.17) is 4.74 Å². The van der Waals surface area contributed by atoms with E-state index < -0.39 is 6.04 Å². The van der Waals surface area contributed by atoms with Crippen molar-refractivity contribution in [3.8, 4) is 5.75 Å². The summed E-state index contributed by atoms with van der Waals surface area (Å²) < 4.78 is 5.89. The number of carbonyl (C=O) groups excluding carboxylic acids is 2. The van der Waals surface area contributed by atoms with Gasteiger partial charge in [0.2, 0.25) is 5.91 Å². The molecule has 1 N–H and O–H groups in total. The molecule has 162 valence electrons. The summed E-state index contributed by atoms with van der Waals surface area (Å²) in [6.45, 7) is 12.0. The molecule has 0 saturated carbocycles. The second-order valence-electron chi connectivity index (χ2n) is 8.33. The van der Waals surface area contributed by atoms with Crippen LogP contribution in [0.4, 0.5) is 0 Å². The first-order chi connectivity index (χ1) is 14.2. The minimum atomic E-state index is -0.606. The van der Waals surface area contributed by atoms with Crippen LogP contribution in [-0.2, 0) is 16.1 Å². The Labute approximate surface area is 180 Å². The lowest BCUT2D eigenvalue weighted by Gasteiger charge is -2.29. The standard InChI is InChI=1S/C25H34N2O3/c1-17(2)22-9-7-8-10-23(22)30-16-24(28)27(20(6)25(29)26-18(3)4)15-21-13-11-19(5)12-14-21/h7-14,17-18,20H,15-16H2,1-6H3,(H,26,29). The normalized spacial score (nSPS) is 12.0. The summed E-state index contributed by atoms with van der Waals surface area (Å²) >= 11 is 0. The van der Waals surface area contributed by atoms with Gasteiger partial charge < -0.3 is 15.0 Å². The molecule has 0 aromatic heterocycles. The van der Waals surface area contributed by atoms with Crippen molar-refractivity contribution in [1.82, 2.24) is 10.2 Å². The summed E-state index contributed by atoms with van der Waals surface area (Å²) in [6, 6.07) is 15.1. The van der Waals surface area contributed by atoms with Gasteiger partial charge in [-0.3, -0.25) is 9.59 Å². The van der Waals surface area contributed by atoms with Crippen molar-refractivity contribution in [3.63, 3.8) is 0 Å². The highest BCUT2D eigenvalue weighted by Crippen LogP contribution is 2.26. The molecule has 2 amide bonds. The number of hydrogen-bond donors (Lipinski definition) is 1. The van der Waals surface area contributed by atoms with Gasteiger partial charge in [-0.25, -0.2) is 0 Å². The fraction of sp³-hybridized carbons (Fsp3) is 0.440. The minimum Gasteiger partial charge on any atom is -0.483 e. The van der Waals surface area contributed by atoms with Crippen LogP contribution in [0.25, 0.3) is 0 Å². The number of benzene rings is 2. The van der Waals surface area contributed by atoms with Crippen LogP contribution in [0.2, 0.25) is 0 Å². The topological polar surface area (TPSA) is 58.6 Å². The van der Waals surface area contributed by atoms with Gasteiger partial charge in [0, 0.05) is 12.6 Å². The van der Waals surface area contributed by atoms with Crippen LogP contribution in [0.3, 0.4) is 0 Å². The van der Waals surface area contributed by atoms with Crippen molar-refractivity contribution >= 4 is 11.8 Å². The molecule has 2 aromatic rings. The van der Waals surface area contributed by atoms with Gasteiger partial charge >= 0.3 is 0 Å². The van der Waals surface area contributed by atoms with Crippen molar-refractivity contribution in [1.29, 1.82) is 0 Å². The molecular weight excluding hydrogens is 376 g/mol. The second kappa shape index (κ2) is 10.8. The zero-order chi connectivity index (χ0) is 22.3. The number of ether oxygens (including phenoxy) is 1. The van der Waals surface area contributed by atoms with Crippen LogP contribution in [0, 0.1) is 6.92 Å². The molecule has 1 unspecified atom stereocenters. The molecule has 0 fully saturated rings. The van der Waals surface area contributed by atoms with E-state index in [-0.39, 0.29) is 30.4 Å². The van der Waals surface area contributed by atoms with Crippen LogP contribution >= 0.6 is 0 Å². The number of nitrogens with one attached hydrogen (secondary N) is 1. The summed E-state index contributed by atoms with van der Waals surface area (Å²) in [6.07, 6.45) is 0. The van der Waals surface area contributed by atoms with E-state index in [2.05, 4.69) is 19.2 Å². The number of nitrogens with zero attached hydrogens (tertiary/aromatic N) is 1. The first kappa shape index (κ1) is 23.5. The third kappa shape index (κ3) is 6.61. The Kier molecular flexibility index (Phi) is 8.46. The number of carbonyl (C=O) groups is 2. The number of aryl methyl sites for hydroxylation is 1. The van der Waals surface area contributed by atoms with E-state index in [0.717, 1.165) is 16.7 Å². The average molecular weight is 411 g/mol. The van der Waals surface area contributed by atoms with Gasteiger partial charge in [-0.1, -0.05) is 61.9 Å². The Hall–Kier alpha value is -2.82. The lowest BCUT2D eigenvalue weighted by molar-refractivity contribution is -0.142. The molecule has 0 spiro atoms. The monoisotopic (exact) mass is 410 g/mol. The Bertz CT molecular complexity index is 844. The molecule has 5 nitrogen and oxygen atoms in total. The molecule has 0 aliphatic carbocycles. The molecule has 1 atom stereocenters. The van der Waals surface area contributed by atoms with Gasteiger partial charge in [-0.15, -0.1) is 0 Å². The Morgan fingerprint density at radius 1 is 0.967 bits per heavy atom. The SMILES string of the molecule is Cc1ccc(CN(C(=O)COc2ccccc2C(C)C)C(C)C(=O)NC(C)C)cc1. The predicted octanol–water partition coefficient (Wildman–Crippen LogP) is 4.44. The summed E-state index contributed by atoms with van der Waals surface area (Å²) in [7, 11) is 0. The maximum Gasteiger partial charge on any atom is 0.261 e. The third-order valence-electron chi connectivity index (χ3n) is 4.96. The molecule has 0 aliphatic rings. The molecule has 2 rings (SSSR count). The van der Waals surface area contributed by atoms with Gasteiger partial charge in [0.1, 0.15) is 11.8 Å². The number of hydrogen-bond acceptors (Lipinski definition) is 3. The fourth-order valence-corrected chi connectivity index (χ4v) is 3.19. The molecule has 0 saturated heterocycles. The van der Waals surface area contributed by atoms with Crippen LogP contribution < -0.4 is 10.1 Å². The smallest absolute Gasteiger partial charge is 0.261 e. The highest BCUT2D eigenvalue weighted by atomic mass is 16.5. The first-order valence-electron chi connectivity index (χ1n) is 10.6. The van der Waals surface area contributed by atoms with Gasteiger partial charge in [-0.2, -0.15) is 0 Å². The summed E-state index contributed by atoms with van der Waals surface area (Å²) in [5, 5.41) is 2.90. The minimum absolute atomic E-state index is 0.00504. The van der Waals surface area contributed by atoms with Gasteiger partial charge in [0.05, 0.1) is 0 Å². The molecular formula is C25H34N2O3. The lowest BCUT2D eigenvalue weighted by Crippen LogP contribution is -2.50. The molecule has 0 bridgehead atoms. The second-order valence-corrected chi connectivity index (χ2v) is 8.33. The summed E-state index contributed by atoms with van der Waals surface area (Å²) in [4.78, 5) is 27.3. The van der Waals surface area contributed by atoms with E-state index in [1.807, 2.05) is 69.3 Å². The van der Waals surface area contributed by atoms with Crippen LogP contribution in [0.1, 0.15) is 57.2 Å². The van der Waals surface area contributed by atoms with E-state index >= 15 is 0 Å². The van der Waals surface area contributed by atoms with E-state index in [0.29, 0.717) is 12.3 Å². The number of amides is 2.